The average molecular weight is 372 g/mol. The molecule has 2 bridgehead atoms. The first kappa shape index (κ1) is 18.0. The molecule has 2 aliphatic carbocycles. The summed E-state index contributed by atoms with van der Waals surface area (Å²) in [5.41, 5.74) is 1.16. The van der Waals surface area contributed by atoms with Gasteiger partial charge in [-0.3, -0.25) is 14.4 Å². The Kier molecular flexibility index (Phi) is 4.86. The normalized spacial score (nSPS) is 29.6. The molecule has 2 N–H and O–H groups in total. The topological polar surface area (TPSA) is 95.9 Å². The second-order valence-corrected chi connectivity index (χ2v) is 7.69. The zero-order valence-corrected chi connectivity index (χ0v) is 15.1. The summed E-state index contributed by atoms with van der Waals surface area (Å²) in [7, 11) is 0. The predicted molar refractivity (Wildman–Crippen MR) is 97.2 cm³/mol. The van der Waals surface area contributed by atoms with Crippen molar-refractivity contribution in [2.75, 3.05) is 31.6 Å². The minimum Gasteiger partial charge on any atom is -0.481 e. The van der Waals surface area contributed by atoms with Gasteiger partial charge in [0, 0.05) is 24.3 Å². The lowest BCUT2D eigenvalue weighted by Crippen LogP contribution is -2.40. The summed E-state index contributed by atoms with van der Waals surface area (Å²) in [5.74, 6) is -1.89. The van der Waals surface area contributed by atoms with Crippen LogP contribution in [0.3, 0.4) is 0 Å². The molecule has 7 heteroatoms. The minimum atomic E-state index is -0.867. The fourth-order valence-corrected chi connectivity index (χ4v) is 4.89. The number of aliphatic carboxylic acids is 1. The number of fused-ring (bicyclic) bond motifs is 2. The number of hydrogen-bond acceptors (Lipinski definition) is 4. The summed E-state index contributed by atoms with van der Waals surface area (Å²) < 4.78 is 5.26. The summed E-state index contributed by atoms with van der Waals surface area (Å²) in [6.07, 6.45) is 2.67. The van der Waals surface area contributed by atoms with Gasteiger partial charge in [-0.1, -0.05) is 0 Å². The molecule has 0 aromatic heterocycles. The summed E-state index contributed by atoms with van der Waals surface area (Å²) in [6, 6.07) is 6.80. The molecule has 0 unspecified atom stereocenters. The fourth-order valence-electron chi connectivity index (χ4n) is 4.89. The van der Waals surface area contributed by atoms with Gasteiger partial charge in [0.1, 0.15) is 0 Å². The molecule has 27 heavy (non-hydrogen) atoms. The van der Waals surface area contributed by atoms with Crippen molar-refractivity contribution in [3.8, 4) is 0 Å². The monoisotopic (exact) mass is 372 g/mol. The number of rotatable bonds is 4. The van der Waals surface area contributed by atoms with Gasteiger partial charge in [-0.05, 0) is 55.4 Å². The van der Waals surface area contributed by atoms with Crippen molar-refractivity contribution >= 4 is 23.5 Å². The van der Waals surface area contributed by atoms with E-state index >= 15 is 0 Å². The molecule has 1 heterocycles. The lowest BCUT2D eigenvalue weighted by atomic mass is 9.78. The lowest BCUT2D eigenvalue weighted by molar-refractivity contribution is -0.148. The molecule has 1 aromatic rings. The van der Waals surface area contributed by atoms with Gasteiger partial charge >= 0.3 is 5.97 Å². The number of amides is 2. The highest BCUT2D eigenvalue weighted by Gasteiger charge is 2.53. The Morgan fingerprint density at radius 2 is 1.63 bits per heavy atom. The summed E-state index contributed by atoms with van der Waals surface area (Å²) in [6.45, 7) is 2.26. The number of carboxylic acid groups (broad SMARTS) is 1. The van der Waals surface area contributed by atoms with Crippen LogP contribution >= 0.6 is 0 Å². The molecular weight excluding hydrogens is 348 g/mol. The zero-order chi connectivity index (χ0) is 19.0. The molecule has 0 radical (unpaired) electrons. The van der Waals surface area contributed by atoms with Crippen molar-refractivity contribution in [3.05, 3.63) is 29.8 Å². The molecular formula is C20H24N2O5. The largest absolute Gasteiger partial charge is 0.481 e. The van der Waals surface area contributed by atoms with E-state index in [0.717, 1.165) is 19.3 Å². The van der Waals surface area contributed by atoms with Crippen LogP contribution in [0.15, 0.2) is 24.3 Å². The molecule has 2 amide bonds. The number of carbonyl (C=O) groups is 3. The number of carboxylic acids is 1. The van der Waals surface area contributed by atoms with Crippen LogP contribution in [-0.2, 0) is 14.3 Å². The maximum absolute atomic E-state index is 12.7. The Labute approximate surface area is 157 Å². The van der Waals surface area contributed by atoms with Gasteiger partial charge < -0.3 is 20.1 Å². The molecule has 1 aliphatic heterocycles. The van der Waals surface area contributed by atoms with E-state index in [2.05, 4.69) is 5.32 Å². The van der Waals surface area contributed by atoms with Gasteiger partial charge in [-0.2, -0.15) is 0 Å². The van der Waals surface area contributed by atoms with E-state index in [4.69, 9.17) is 4.74 Å². The van der Waals surface area contributed by atoms with Crippen LogP contribution < -0.4 is 5.32 Å². The molecule has 1 aromatic carbocycles. The van der Waals surface area contributed by atoms with Crippen LogP contribution in [0.2, 0.25) is 0 Å². The first-order valence-corrected chi connectivity index (χ1v) is 9.55. The van der Waals surface area contributed by atoms with Gasteiger partial charge in [0.25, 0.3) is 5.91 Å². The van der Waals surface area contributed by atoms with E-state index in [-0.39, 0.29) is 23.7 Å². The number of carbonyl (C=O) groups excluding carboxylic acids is 2. The van der Waals surface area contributed by atoms with Crippen molar-refractivity contribution in [1.29, 1.82) is 0 Å². The molecule has 0 spiro atoms. The first-order valence-electron chi connectivity index (χ1n) is 9.55. The smallest absolute Gasteiger partial charge is 0.307 e. The van der Waals surface area contributed by atoms with Crippen molar-refractivity contribution < 1.29 is 24.2 Å². The number of benzene rings is 1. The van der Waals surface area contributed by atoms with E-state index in [1.807, 2.05) is 0 Å². The summed E-state index contributed by atoms with van der Waals surface area (Å²) in [4.78, 5) is 38.5. The molecule has 7 nitrogen and oxygen atoms in total. The summed E-state index contributed by atoms with van der Waals surface area (Å²) in [5, 5.41) is 12.4. The fraction of sp³-hybridized carbons (Fsp3) is 0.550. The summed E-state index contributed by atoms with van der Waals surface area (Å²) >= 11 is 0. The Hall–Kier alpha value is -2.41. The Balaban J connectivity index is 1.41. The Morgan fingerprint density at radius 3 is 2.26 bits per heavy atom. The molecule has 4 rings (SSSR count). The van der Waals surface area contributed by atoms with Crippen molar-refractivity contribution in [3.63, 3.8) is 0 Å². The second kappa shape index (κ2) is 7.31. The molecule has 4 atom stereocenters. The average Bonchev–Trinajstić information content (AvgIpc) is 3.30. The van der Waals surface area contributed by atoms with Gasteiger partial charge in [0.15, 0.2) is 0 Å². The van der Waals surface area contributed by atoms with E-state index in [9.17, 15) is 19.5 Å². The quantitative estimate of drug-likeness (QED) is 0.841. The van der Waals surface area contributed by atoms with Gasteiger partial charge in [0.05, 0.1) is 25.0 Å². The maximum atomic E-state index is 12.7. The van der Waals surface area contributed by atoms with E-state index in [1.54, 1.807) is 29.2 Å². The van der Waals surface area contributed by atoms with E-state index < -0.39 is 17.8 Å². The number of morpholine rings is 1. The predicted octanol–water partition coefficient (Wildman–Crippen LogP) is 1.84. The number of anilines is 1. The Bertz CT molecular complexity index is 741. The van der Waals surface area contributed by atoms with E-state index in [0.29, 0.717) is 37.6 Å². The molecule has 3 aliphatic rings. The molecule has 1 saturated heterocycles. The van der Waals surface area contributed by atoms with Crippen LogP contribution in [0.25, 0.3) is 0 Å². The van der Waals surface area contributed by atoms with E-state index in [1.165, 1.54) is 0 Å². The molecule has 3 fully saturated rings. The van der Waals surface area contributed by atoms with Crippen LogP contribution in [0.4, 0.5) is 5.69 Å². The Morgan fingerprint density at radius 1 is 1.00 bits per heavy atom. The van der Waals surface area contributed by atoms with Crippen molar-refractivity contribution in [2.45, 2.75) is 19.3 Å². The third-order valence-corrected chi connectivity index (χ3v) is 6.20. The zero-order valence-electron chi connectivity index (χ0n) is 15.1. The molecule has 144 valence electrons. The third kappa shape index (κ3) is 3.43. The number of nitrogens with zero attached hydrogens (tertiary/aromatic N) is 1. The standard InChI is InChI=1S/C20H24N2O5/c23-18(16-13-1-2-14(11-13)17(16)20(25)26)21-15-5-3-12(4-6-15)19(24)22-7-9-27-10-8-22/h3-6,13-14,16-17H,1-2,7-11H2,(H,21,23)(H,25,26)/t13-,14-,16-,17-/m0/s1. The highest BCUT2D eigenvalue weighted by molar-refractivity contribution is 5.97. The van der Waals surface area contributed by atoms with Gasteiger partial charge in [0.2, 0.25) is 5.91 Å². The van der Waals surface area contributed by atoms with Crippen molar-refractivity contribution in [2.24, 2.45) is 23.7 Å². The van der Waals surface area contributed by atoms with Crippen LogP contribution in [0.5, 0.6) is 0 Å². The third-order valence-electron chi connectivity index (χ3n) is 6.20. The SMILES string of the molecule is O=C(O)[C@H]1[C@H]2CC[C@@H](C2)[C@@H]1C(=O)Nc1ccc(C(=O)N2CCOCC2)cc1. The van der Waals surface area contributed by atoms with Gasteiger partial charge in [-0.15, -0.1) is 0 Å². The highest BCUT2D eigenvalue weighted by atomic mass is 16.5. The maximum Gasteiger partial charge on any atom is 0.307 e. The van der Waals surface area contributed by atoms with Gasteiger partial charge in [-0.25, -0.2) is 0 Å². The van der Waals surface area contributed by atoms with Crippen LogP contribution in [-0.4, -0.2) is 54.1 Å². The first-order chi connectivity index (χ1) is 13.0. The number of ether oxygens (including phenoxy) is 1. The number of hydrogen-bond donors (Lipinski definition) is 2. The number of nitrogens with one attached hydrogen (secondary N) is 1. The van der Waals surface area contributed by atoms with Crippen molar-refractivity contribution in [1.82, 2.24) is 4.90 Å². The highest BCUT2D eigenvalue weighted by Crippen LogP contribution is 2.52. The lowest BCUT2D eigenvalue weighted by Gasteiger charge is -2.27. The second-order valence-electron chi connectivity index (χ2n) is 7.69. The van der Waals surface area contributed by atoms with Crippen LogP contribution in [0.1, 0.15) is 29.6 Å². The molecule has 2 saturated carbocycles. The van der Waals surface area contributed by atoms with Crippen LogP contribution in [0, 0.1) is 23.7 Å². The minimum absolute atomic E-state index is 0.0461.